The van der Waals surface area contributed by atoms with Crippen LogP contribution in [0, 0.1) is 5.92 Å². The molecule has 2 aliphatic rings. The molecule has 0 radical (unpaired) electrons. The third-order valence-corrected chi connectivity index (χ3v) is 5.10. The van der Waals surface area contributed by atoms with E-state index >= 15 is 0 Å². The summed E-state index contributed by atoms with van der Waals surface area (Å²) in [6.45, 7) is 5.21. The van der Waals surface area contributed by atoms with Crippen LogP contribution in [0.1, 0.15) is 69.1 Å². The lowest BCUT2D eigenvalue weighted by Gasteiger charge is -2.30. The van der Waals surface area contributed by atoms with E-state index in [9.17, 15) is 0 Å². The molecule has 1 aliphatic heterocycles. The monoisotopic (exact) mass is 292 g/mol. The minimum atomic E-state index is 0.248. The van der Waals surface area contributed by atoms with Gasteiger partial charge in [-0.3, -0.25) is 4.90 Å². The van der Waals surface area contributed by atoms with E-state index in [1.807, 2.05) is 0 Å². The maximum Gasteiger partial charge on any atom is 0.229 e. The van der Waals surface area contributed by atoms with E-state index in [0.717, 1.165) is 37.3 Å². The fourth-order valence-corrected chi connectivity index (χ4v) is 3.70. The lowest BCUT2D eigenvalue weighted by molar-refractivity contribution is 0.190. The summed E-state index contributed by atoms with van der Waals surface area (Å²) >= 11 is 0. The van der Waals surface area contributed by atoms with Gasteiger partial charge in [0.15, 0.2) is 5.82 Å². The third kappa shape index (κ3) is 3.64. The predicted octanol–water partition coefficient (Wildman–Crippen LogP) is 2.72. The summed E-state index contributed by atoms with van der Waals surface area (Å²) in [4.78, 5) is 6.99. The van der Waals surface area contributed by atoms with E-state index in [1.165, 1.54) is 38.5 Å². The Balaban J connectivity index is 1.60. The van der Waals surface area contributed by atoms with Gasteiger partial charge >= 0.3 is 0 Å². The van der Waals surface area contributed by atoms with Gasteiger partial charge in [0.25, 0.3) is 0 Å². The summed E-state index contributed by atoms with van der Waals surface area (Å²) in [6.07, 6.45) is 8.15. The molecule has 0 aromatic carbocycles. The molecule has 2 heterocycles. The predicted molar refractivity (Wildman–Crippen MR) is 82.1 cm³/mol. The zero-order valence-electron chi connectivity index (χ0n) is 13.3. The largest absolute Gasteiger partial charge is 0.339 e. The molecule has 1 N–H and O–H groups in total. The van der Waals surface area contributed by atoms with Crippen molar-refractivity contribution in [3.63, 3.8) is 0 Å². The van der Waals surface area contributed by atoms with Gasteiger partial charge in [-0.1, -0.05) is 44.2 Å². The molecule has 1 saturated carbocycles. The van der Waals surface area contributed by atoms with E-state index in [-0.39, 0.29) is 6.04 Å². The van der Waals surface area contributed by atoms with Gasteiger partial charge in [-0.2, -0.15) is 4.98 Å². The molecule has 2 atom stereocenters. The standard InChI is InChI=1S/C16H28N4O/c1-12(10-13-6-4-3-5-7-13)16-18-15(19-21-16)14-11-17-8-9-20(14)2/h12-14,17H,3-11H2,1-2H3. The van der Waals surface area contributed by atoms with Crippen molar-refractivity contribution in [2.24, 2.45) is 5.92 Å². The molecule has 2 unspecified atom stereocenters. The Bertz CT molecular complexity index is 441. The topological polar surface area (TPSA) is 54.2 Å². The van der Waals surface area contributed by atoms with Gasteiger partial charge in [-0.15, -0.1) is 0 Å². The van der Waals surface area contributed by atoms with Crippen LogP contribution in [-0.4, -0.2) is 41.7 Å². The highest BCUT2D eigenvalue weighted by Gasteiger charge is 2.27. The number of piperazine rings is 1. The summed E-state index contributed by atoms with van der Waals surface area (Å²) in [5.74, 6) is 2.91. The number of nitrogens with zero attached hydrogens (tertiary/aromatic N) is 3. The molecule has 1 aromatic rings. The molecule has 0 spiro atoms. The molecule has 1 saturated heterocycles. The summed E-state index contributed by atoms with van der Waals surface area (Å²) < 4.78 is 5.55. The summed E-state index contributed by atoms with van der Waals surface area (Å²) in [7, 11) is 2.13. The minimum absolute atomic E-state index is 0.248. The highest BCUT2D eigenvalue weighted by Crippen LogP contribution is 2.32. The Hall–Kier alpha value is -0.940. The van der Waals surface area contributed by atoms with Gasteiger partial charge in [0, 0.05) is 25.6 Å². The molecule has 0 amide bonds. The van der Waals surface area contributed by atoms with Crippen molar-refractivity contribution < 1.29 is 4.52 Å². The maximum atomic E-state index is 5.55. The van der Waals surface area contributed by atoms with Crippen LogP contribution in [0.4, 0.5) is 0 Å². The first kappa shape index (κ1) is 15.0. The van der Waals surface area contributed by atoms with Crippen LogP contribution in [0.5, 0.6) is 0 Å². The van der Waals surface area contributed by atoms with Gasteiger partial charge in [-0.25, -0.2) is 0 Å². The number of rotatable bonds is 4. The van der Waals surface area contributed by atoms with Crippen molar-refractivity contribution >= 4 is 0 Å². The fourth-order valence-electron chi connectivity index (χ4n) is 3.70. The van der Waals surface area contributed by atoms with E-state index < -0.39 is 0 Å². The molecule has 5 nitrogen and oxygen atoms in total. The van der Waals surface area contributed by atoms with Crippen LogP contribution in [0.25, 0.3) is 0 Å². The Labute approximate surface area is 127 Å². The van der Waals surface area contributed by atoms with Crippen molar-refractivity contribution in [3.8, 4) is 0 Å². The third-order valence-electron chi connectivity index (χ3n) is 5.10. The zero-order valence-corrected chi connectivity index (χ0v) is 13.3. The summed E-state index contributed by atoms with van der Waals surface area (Å²) in [6, 6.07) is 0.248. The molecular formula is C16H28N4O. The van der Waals surface area contributed by atoms with Crippen LogP contribution in [0.3, 0.4) is 0 Å². The first-order valence-corrected chi connectivity index (χ1v) is 8.48. The van der Waals surface area contributed by atoms with Crippen molar-refractivity contribution in [2.45, 2.75) is 57.4 Å². The average Bonchev–Trinajstić information content (AvgIpc) is 2.98. The average molecular weight is 292 g/mol. The number of likely N-dealkylation sites (N-methyl/N-ethyl adjacent to an activating group) is 1. The molecule has 0 bridgehead atoms. The molecule has 2 fully saturated rings. The van der Waals surface area contributed by atoms with Crippen molar-refractivity contribution in [1.29, 1.82) is 0 Å². The van der Waals surface area contributed by atoms with Gasteiger partial charge in [-0.05, 0) is 19.4 Å². The van der Waals surface area contributed by atoms with Gasteiger partial charge < -0.3 is 9.84 Å². The number of hydrogen-bond acceptors (Lipinski definition) is 5. The first-order valence-electron chi connectivity index (χ1n) is 8.48. The molecule has 1 aliphatic carbocycles. The summed E-state index contributed by atoms with van der Waals surface area (Å²) in [5.41, 5.74) is 0. The van der Waals surface area contributed by atoms with E-state index in [4.69, 9.17) is 9.51 Å². The number of hydrogen-bond donors (Lipinski definition) is 1. The lowest BCUT2D eigenvalue weighted by atomic mass is 9.83. The first-order chi connectivity index (χ1) is 10.2. The molecule has 5 heteroatoms. The quantitative estimate of drug-likeness (QED) is 0.924. The van der Waals surface area contributed by atoms with Gasteiger partial charge in [0.05, 0.1) is 6.04 Å². The van der Waals surface area contributed by atoms with Crippen LogP contribution in [0.15, 0.2) is 4.52 Å². The number of aromatic nitrogens is 2. The smallest absolute Gasteiger partial charge is 0.229 e. The van der Waals surface area contributed by atoms with Crippen molar-refractivity contribution in [1.82, 2.24) is 20.4 Å². The molecule has 1 aromatic heterocycles. The fraction of sp³-hybridized carbons (Fsp3) is 0.875. The van der Waals surface area contributed by atoms with Gasteiger partial charge in [0.1, 0.15) is 0 Å². The van der Waals surface area contributed by atoms with Crippen LogP contribution >= 0.6 is 0 Å². The second kappa shape index (κ2) is 6.88. The second-order valence-electron chi connectivity index (χ2n) is 6.83. The SMILES string of the molecule is CC(CC1CCCCC1)c1nc(C2CNCCN2C)no1. The van der Waals surface area contributed by atoms with Gasteiger partial charge in [0.2, 0.25) is 5.89 Å². The van der Waals surface area contributed by atoms with E-state index in [1.54, 1.807) is 0 Å². The summed E-state index contributed by atoms with van der Waals surface area (Å²) in [5, 5.41) is 7.64. The van der Waals surface area contributed by atoms with Crippen LogP contribution in [0.2, 0.25) is 0 Å². The molecule has 21 heavy (non-hydrogen) atoms. The van der Waals surface area contributed by atoms with Crippen molar-refractivity contribution in [2.75, 3.05) is 26.7 Å². The van der Waals surface area contributed by atoms with E-state index in [0.29, 0.717) is 5.92 Å². The number of nitrogens with one attached hydrogen (secondary N) is 1. The molecule has 118 valence electrons. The highest BCUT2D eigenvalue weighted by atomic mass is 16.5. The van der Waals surface area contributed by atoms with Crippen LogP contribution < -0.4 is 5.32 Å². The highest BCUT2D eigenvalue weighted by molar-refractivity contribution is 5.00. The Morgan fingerprint density at radius 3 is 2.90 bits per heavy atom. The minimum Gasteiger partial charge on any atom is -0.339 e. The normalized spacial score (nSPS) is 26.9. The van der Waals surface area contributed by atoms with Crippen molar-refractivity contribution in [3.05, 3.63) is 11.7 Å². The Morgan fingerprint density at radius 1 is 1.33 bits per heavy atom. The maximum absolute atomic E-state index is 5.55. The lowest BCUT2D eigenvalue weighted by Crippen LogP contribution is -2.44. The molecular weight excluding hydrogens is 264 g/mol. The molecule has 3 rings (SSSR count). The van der Waals surface area contributed by atoms with Crippen LogP contribution in [-0.2, 0) is 0 Å². The Kier molecular flexibility index (Phi) is 4.91. The Morgan fingerprint density at radius 2 is 2.14 bits per heavy atom. The zero-order chi connectivity index (χ0) is 14.7. The second-order valence-corrected chi connectivity index (χ2v) is 6.83. The van der Waals surface area contributed by atoms with E-state index in [2.05, 4.69) is 29.3 Å².